The summed E-state index contributed by atoms with van der Waals surface area (Å²) >= 11 is 0. The van der Waals surface area contributed by atoms with Crippen LogP contribution in [-0.4, -0.2) is 36.6 Å². The van der Waals surface area contributed by atoms with Gasteiger partial charge in [0, 0.05) is 18.7 Å². The third kappa shape index (κ3) is 4.85. The first-order valence-corrected chi connectivity index (χ1v) is 7.77. The molecule has 2 heterocycles. The Morgan fingerprint density at radius 3 is 2.69 bits per heavy atom. The number of hydrogen-bond donors (Lipinski definition) is 1. The Hall–Kier alpha value is -2.81. The molecule has 0 bridgehead atoms. The van der Waals surface area contributed by atoms with Gasteiger partial charge in [-0.25, -0.2) is 4.98 Å². The summed E-state index contributed by atoms with van der Waals surface area (Å²) in [6.45, 7) is 1.12. The van der Waals surface area contributed by atoms with E-state index in [1.807, 2.05) is 0 Å². The van der Waals surface area contributed by atoms with Crippen molar-refractivity contribution in [1.29, 1.82) is 0 Å². The topological polar surface area (TPSA) is 69.7 Å². The van der Waals surface area contributed by atoms with Gasteiger partial charge in [0.2, 0.25) is 5.88 Å². The summed E-state index contributed by atoms with van der Waals surface area (Å²) in [5, 5.41) is 2.38. The zero-order valence-electron chi connectivity index (χ0n) is 13.5. The van der Waals surface area contributed by atoms with Gasteiger partial charge in [0.1, 0.15) is 6.10 Å². The molecule has 26 heavy (non-hydrogen) atoms. The van der Waals surface area contributed by atoms with Gasteiger partial charge in [-0.05, 0) is 18.2 Å². The summed E-state index contributed by atoms with van der Waals surface area (Å²) in [7, 11) is 0. The van der Waals surface area contributed by atoms with Gasteiger partial charge in [-0.2, -0.15) is 0 Å². The second-order valence-electron chi connectivity index (χ2n) is 5.49. The minimum absolute atomic E-state index is 0.0754. The highest BCUT2D eigenvalue weighted by Crippen LogP contribution is 2.30. The molecule has 1 aliphatic heterocycles. The van der Waals surface area contributed by atoms with Crippen molar-refractivity contribution in [3.05, 3.63) is 48.2 Å². The lowest BCUT2D eigenvalue weighted by atomic mass is 10.2. The molecule has 1 N–H and O–H groups in total. The first kappa shape index (κ1) is 18.0. The molecule has 0 aliphatic carbocycles. The van der Waals surface area contributed by atoms with Crippen molar-refractivity contribution in [3.63, 3.8) is 0 Å². The van der Waals surface area contributed by atoms with Gasteiger partial charge in [0.15, 0.2) is 5.75 Å². The van der Waals surface area contributed by atoms with Crippen LogP contribution in [-0.2, 0) is 4.74 Å². The molecule has 0 unspecified atom stereocenters. The summed E-state index contributed by atoms with van der Waals surface area (Å²) in [5.74, 6) is -0.771. The highest BCUT2D eigenvalue weighted by molar-refractivity contribution is 6.04. The molecule has 0 radical (unpaired) electrons. The molecule has 6 nitrogen and oxygen atoms in total. The van der Waals surface area contributed by atoms with Crippen molar-refractivity contribution in [2.75, 3.05) is 18.5 Å². The van der Waals surface area contributed by atoms with Crippen LogP contribution < -0.4 is 14.8 Å². The zero-order valence-corrected chi connectivity index (χ0v) is 13.5. The Morgan fingerprint density at radius 2 is 2.04 bits per heavy atom. The number of nitrogens with zero attached hydrogens (tertiary/aromatic N) is 1. The monoisotopic (exact) mass is 368 g/mol. The van der Waals surface area contributed by atoms with E-state index in [9.17, 15) is 18.0 Å². The van der Waals surface area contributed by atoms with Gasteiger partial charge in [-0.3, -0.25) is 4.79 Å². The molecule has 1 amide bonds. The number of alkyl halides is 3. The number of benzene rings is 1. The van der Waals surface area contributed by atoms with Crippen molar-refractivity contribution in [1.82, 2.24) is 4.98 Å². The lowest BCUT2D eigenvalue weighted by molar-refractivity contribution is -0.274. The van der Waals surface area contributed by atoms with Crippen LogP contribution in [0, 0.1) is 0 Å². The first-order chi connectivity index (χ1) is 12.4. The molecule has 1 aliphatic rings. The molecule has 1 atom stereocenters. The highest BCUT2D eigenvalue weighted by atomic mass is 19.4. The fraction of sp³-hybridized carbons (Fsp3) is 0.294. The molecule has 138 valence electrons. The number of para-hydroxylation sites is 2. The lowest BCUT2D eigenvalue weighted by Gasteiger charge is -2.14. The van der Waals surface area contributed by atoms with E-state index in [0.717, 1.165) is 12.5 Å². The van der Waals surface area contributed by atoms with Crippen LogP contribution >= 0.6 is 0 Å². The maximum absolute atomic E-state index is 12.4. The van der Waals surface area contributed by atoms with Gasteiger partial charge in [-0.15, -0.1) is 13.2 Å². The van der Waals surface area contributed by atoms with Crippen LogP contribution in [0.3, 0.4) is 0 Å². The van der Waals surface area contributed by atoms with Gasteiger partial charge in [-0.1, -0.05) is 12.1 Å². The maximum atomic E-state index is 12.4. The normalized spacial score (nSPS) is 17.0. The SMILES string of the molecule is O=C(Nc1ccccc1OC(F)(F)F)c1ccc(O[C@@H]2CCOC2)nc1. The summed E-state index contributed by atoms with van der Waals surface area (Å²) in [6.07, 6.45) is -2.88. The number of carbonyl (C=O) groups excluding carboxylic acids is 1. The smallest absolute Gasteiger partial charge is 0.472 e. The summed E-state index contributed by atoms with van der Waals surface area (Å²) in [6, 6.07) is 8.27. The number of anilines is 1. The molecule has 0 spiro atoms. The van der Waals surface area contributed by atoms with Crippen LogP contribution in [0.15, 0.2) is 42.6 Å². The Bertz CT molecular complexity index is 759. The second kappa shape index (κ2) is 7.61. The van der Waals surface area contributed by atoms with Gasteiger partial charge in [0.05, 0.1) is 24.5 Å². The zero-order chi connectivity index (χ0) is 18.6. The highest BCUT2D eigenvalue weighted by Gasteiger charge is 2.32. The Labute approximate surface area is 146 Å². The fourth-order valence-electron chi connectivity index (χ4n) is 2.34. The molecule has 1 aromatic heterocycles. The van der Waals surface area contributed by atoms with Crippen LogP contribution in [0.5, 0.6) is 11.6 Å². The van der Waals surface area contributed by atoms with E-state index in [2.05, 4.69) is 15.0 Å². The predicted octanol–water partition coefficient (Wildman–Crippen LogP) is 3.40. The number of hydrogen-bond acceptors (Lipinski definition) is 5. The molecule has 1 fully saturated rings. The molecule has 1 saturated heterocycles. The maximum Gasteiger partial charge on any atom is 0.573 e. The van der Waals surface area contributed by atoms with Gasteiger partial charge >= 0.3 is 6.36 Å². The van der Waals surface area contributed by atoms with Crippen LogP contribution in [0.1, 0.15) is 16.8 Å². The van der Waals surface area contributed by atoms with Gasteiger partial charge in [0.25, 0.3) is 5.91 Å². The Morgan fingerprint density at radius 1 is 1.23 bits per heavy atom. The minimum atomic E-state index is -4.86. The lowest BCUT2D eigenvalue weighted by Crippen LogP contribution is -2.20. The molecule has 3 rings (SSSR count). The second-order valence-corrected chi connectivity index (χ2v) is 5.49. The van der Waals surface area contributed by atoms with E-state index in [1.165, 1.54) is 36.5 Å². The third-order valence-corrected chi connectivity index (χ3v) is 3.53. The number of ether oxygens (including phenoxy) is 3. The molecule has 0 saturated carbocycles. The van der Waals surface area contributed by atoms with E-state index in [4.69, 9.17) is 9.47 Å². The standard InChI is InChI=1S/C17H15F3N2O4/c18-17(19,20)26-14-4-2-1-3-13(14)22-16(23)11-5-6-15(21-9-11)25-12-7-8-24-10-12/h1-6,9,12H,7-8,10H2,(H,22,23)/t12-/m1/s1. The Balaban J connectivity index is 1.66. The quantitative estimate of drug-likeness (QED) is 0.876. The molecule has 1 aromatic carbocycles. The molecular formula is C17H15F3N2O4. The number of nitrogens with one attached hydrogen (secondary N) is 1. The van der Waals surface area contributed by atoms with Gasteiger partial charge < -0.3 is 19.5 Å². The average molecular weight is 368 g/mol. The van der Waals surface area contributed by atoms with E-state index in [0.29, 0.717) is 19.1 Å². The van der Waals surface area contributed by atoms with Crippen LogP contribution in [0.25, 0.3) is 0 Å². The van der Waals surface area contributed by atoms with Crippen molar-refractivity contribution in [2.24, 2.45) is 0 Å². The minimum Gasteiger partial charge on any atom is -0.472 e. The molecule has 2 aromatic rings. The summed E-state index contributed by atoms with van der Waals surface area (Å²) < 4.78 is 52.0. The van der Waals surface area contributed by atoms with Crippen LogP contribution in [0.4, 0.5) is 18.9 Å². The fourth-order valence-corrected chi connectivity index (χ4v) is 2.34. The van der Waals surface area contributed by atoms with Crippen LogP contribution in [0.2, 0.25) is 0 Å². The summed E-state index contributed by atoms with van der Waals surface area (Å²) in [5.41, 5.74) is 0.0695. The third-order valence-electron chi connectivity index (χ3n) is 3.53. The largest absolute Gasteiger partial charge is 0.573 e. The van der Waals surface area contributed by atoms with E-state index < -0.39 is 18.0 Å². The van der Waals surface area contributed by atoms with E-state index in [-0.39, 0.29) is 17.4 Å². The Kier molecular flexibility index (Phi) is 5.27. The van der Waals surface area contributed by atoms with Crippen molar-refractivity contribution in [3.8, 4) is 11.6 Å². The molecular weight excluding hydrogens is 353 g/mol. The average Bonchev–Trinajstić information content (AvgIpc) is 3.09. The predicted molar refractivity (Wildman–Crippen MR) is 85.2 cm³/mol. The van der Waals surface area contributed by atoms with Crippen molar-refractivity contribution in [2.45, 2.75) is 18.9 Å². The number of aromatic nitrogens is 1. The first-order valence-electron chi connectivity index (χ1n) is 7.77. The van der Waals surface area contributed by atoms with Crippen molar-refractivity contribution >= 4 is 11.6 Å². The number of amides is 1. The number of pyridine rings is 1. The van der Waals surface area contributed by atoms with E-state index >= 15 is 0 Å². The van der Waals surface area contributed by atoms with Crippen molar-refractivity contribution < 1.29 is 32.2 Å². The number of carbonyl (C=O) groups is 1. The van der Waals surface area contributed by atoms with E-state index in [1.54, 1.807) is 0 Å². The number of rotatable bonds is 5. The molecule has 9 heteroatoms. The number of halogens is 3. The summed E-state index contributed by atoms with van der Waals surface area (Å²) in [4.78, 5) is 16.3.